The first kappa shape index (κ1) is 23.4. The third kappa shape index (κ3) is 5.24. The molecule has 1 aromatic heterocycles. The van der Waals surface area contributed by atoms with Gasteiger partial charge in [0, 0.05) is 21.3 Å². The lowest BCUT2D eigenvalue weighted by Gasteiger charge is -2.13. The minimum Gasteiger partial charge on any atom is -0.325 e. The predicted molar refractivity (Wildman–Crippen MR) is 137 cm³/mol. The van der Waals surface area contributed by atoms with Crippen LogP contribution >= 0.6 is 35.0 Å². The van der Waals surface area contributed by atoms with Crippen LogP contribution in [0.5, 0.6) is 0 Å². The van der Waals surface area contributed by atoms with Crippen LogP contribution in [-0.2, 0) is 4.79 Å². The van der Waals surface area contributed by atoms with Gasteiger partial charge in [0.25, 0.3) is 0 Å². The molecule has 5 nitrogen and oxygen atoms in total. The van der Waals surface area contributed by atoms with Gasteiger partial charge in [-0.1, -0.05) is 47.1 Å². The largest absolute Gasteiger partial charge is 0.325 e. The molecule has 0 aliphatic heterocycles. The van der Waals surface area contributed by atoms with Crippen molar-refractivity contribution in [1.29, 1.82) is 0 Å². The number of anilines is 1. The molecule has 0 saturated heterocycles. The molecular weight excluding hydrogens is 475 g/mol. The molecule has 0 aliphatic carbocycles. The normalized spacial score (nSPS) is 10.9. The van der Waals surface area contributed by atoms with E-state index in [0.29, 0.717) is 26.7 Å². The van der Waals surface area contributed by atoms with Crippen molar-refractivity contribution in [1.82, 2.24) is 14.8 Å². The first-order valence-corrected chi connectivity index (χ1v) is 12.0. The summed E-state index contributed by atoms with van der Waals surface area (Å²) in [6.07, 6.45) is 0. The van der Waals surface area contributed by atoms with Crippen molar-refractivity contribution in [3.8, 4) is 17.1 Å². The molecule has 8 heteroatoms. The minimum atomic E-state index is -0.145. The summed E-state index contributed by atoms with van der Waals surface area (Å²) >= 11 is 13.6. The Morgan fingerprint density at radius 3 is 2.45 bits per heavy atom. The quantitative estimate of drug-likeness (QED) is 0.295. The summed E-state index contributed by atoms with van der Waals surface area (Å²) in [4.78, 5) is 12.7. The fraction of sp³-hybridized carbons (Fsp3) is 0.160. The lowest BCUT2D eigenvalue weighted by Crippen LogP contribution is -2.15. The van der Waals surface area contributed by atoms with E-state index in [9.17, 15) is 4.79 Å². The third-order valence-electron chi connectivity index (χ3n) is 5.36. The molecule has 0 spiro atoms. The van der Waals surface area contributed by atoms with E-state index >= 15 is 0 Å². The van der Waals surface area contributed by atoms with Crippen LogP contribution in [0.1, 0.15) is 16.7 Å². The Hall–Kier alpha value is -2.80. The molecule has 1 heterocycles. The van der Waals surface area contributed by atoms with E-state index in [1.807, 2.05) is 54.0 Å². The second-order valence-corrected chi connectivity index (χ2v) is 9.45. The van der Waals surface area contributed by atoms with Crippen LogP contribution in [0.2, 0.25) is 10.0 Å². The van der Waals surface area contributed by atoms with Gasteiger partial charge in [-0.3, -0.25) is 9.36 Å². The molecule has 0 fully saturated rings. The fourth-order valence-corrected chi connectivity index (χ4v) is 4.36. The van der Waals surface area contributed by atoms with Crippen molar-refractivity contribution in [3.63, 3.8) is 0 Å². The SMILES string of the molecule is Cc1ccc(-n2c(SCC(=O)Nc3cccc(Cl)c3C)nnc2-c2ccc(Cl)cc2)cc1C. The molecule has 3 aromatic carbocycles. The smallest absolute Gasteiger partial charge is 0.234 e. The Kier molecular flexibility index (Phi) is 7.08. The Bertz CT molecular complexity index is 1320. The number of amides is 1. The first-order chi connectivity index (χ1) is 15.8. The van der Waals surface area contributed by atoms with Crippen molar-refractivity contribution >= 4 is 46.6 Å². The molecule has 0 bridgehead atoms. The lowest BCUT2D eigenvalue weighted by atomic mass is 10.1. The topological polar surface area (TPSA) is 59.8 Å². The third-order valence-corrected chi connectivity index (χ3v) is 6.95. The van der Waals surface area contributed by atoms with E-state index in [1.165, 1.54) is 17.3 Å². The summed E-state index contributed by atoms with van der Waals surface area (Å²) < 4.78 is 1.97. The highest BCUT2D eigenvalue weighted by Crippen LogP contribution is 2.30. The average Bonchev–Trinajstić information content (AvgIpc) is 3.22. The van der Waals surface area contributed by atoms with Crippen molar-refractivity contribution in [2.45, 2.75) is 25.9 Å². The van der Waals surface area contributed by atoms with Crippen LogP contribution in [0.3, 0.4) is 0 Å². The van der Waals surface area contributed by atoms with E-state index in [-0.39, 0.29) is 11.7 Å². The van der Waals surface area contributed by atoms with E-state index in [4.69, 9.17) is 23.2 Å². The second-order valence-electron chi connectivity index (χ2n) is 7.67. The van der Waals surface area contributed by atoms with Gasteiger partial charge in [-0.2, -0.15) is 0 Å². The minimum absolute atomic E-state index is 0.145. The molecule has 168 valence electrons. The maximum absolute atomic E-state index is 12.7. The number of aryl methyl sites for hydroxylation is 2. The molecule has 0 radical (unpaired) electrons. The van der Waals surface area contributed by atoms with Gasteiger partial charge in [0.2, 0.25) is 5.91 Å². The molecule has 0 saturated carbocycles. The number of rotatable bonds is 6. The van der Waals surface area contributed by atoms with Gasteiger partial charge >= 0.3 is 0 Å². The molecule has 1 amide bonds. The average molecular weight is 497 g/mol. The van der Waals surface area contributed by atoms with E-state index in [1.54, 1.807) is 6.07 Å². The molecule has 1 N–H and O–H groups in total. The van der Waals surface area contributed by atoms with E-state index < -0.39 is 0 Å². The number of hydrogen-bond acceptors (Lipinski definition) is 4. The molecule has 33 heavy (non-hydrogen) atoms. The molecule has 4 aromatic rings. The standard InChI is InChI=1S/C25H22Cl2N4OS/c1-15-7-12-20(13-16(15)2)31-24(18-8-10-19(26)11-9-18)29-30-25(31)33-14-23(32)28-22-6-4-5-21(27)17(22)3/h4-13H,14H2,1-3H3,(H,28,32). The second kappa shape index (κ2) is 10.00. The number of carbonyl (C=O) groups is 1. The van der Waals surface area contributed by atoms with E-state index in [0.717, 1.165) is 22.4 Å². The van der Waals surface area contributed by atoms with Gasteiger partial charge in [-0.05, 0) is 86.0 Å². The highest BCUT2D eigenvalue weighted by Gasteiger charge is 2.18. The number of nitrogens with one attached hydrogen (secondary N) is 1. The van der Waals surface area contributed by atoms with Gasteiger partial charge in [-0.15, -0.1) is 10.2 Å². The number of carbonyl (C=O) groups excluding carboxylic acids is 1. The number of benzene rings is 3. The molecular formula is C25H22Cl2N4OS. The Labute approximate surface area is 207 Å². The molecule has 0 aliphatic rings. The Morgan fingerprint density at radius 2 is 1.73 bits per heavy atom. The number of thioether (sulfide) groups is 1. The molecule has 0 atom stereocenters. The monoisotopic (exact) mass is 496 g/mol. The van der Waals surface area contributed by atoms with Gasteiger partial charge < -0.3 is 5.32 Å². The summed E-state index contributed by atoms with van der Waals surface area (Å²) in [5.74, 6) is 0.715. The van der Waals surface area contributed by atoms with Crippen molar-refractivity contribution < 1.29 is 4.79 Å². The van der Waals surface area contributed by atoms with Crippen molar-refractivity contribution in [3.05, 3.63) is 87.4 Å². The zero-order valence-corrected chi connectivity index (χ0v) is 20.7. The lowest BCUT2D eigenvalue weighted by molar-refractivity contribution is -0.113. The number of aromatic nitrogens is 3. The van der Waals surface area contributed by atoms with Crippen LogP contribution < -0.4 is 5.32 Å². The van der Waals surface area contributed by atoms with Crippen molar-refractivity contribution in [2.75, 3.05) is 11.1 Å². The predicted octanol–water partition coefficient (Wildman–Crippen LogP) is 6.90. The van der Waals surface area contributed by atoms with Gasteiger partial charge in [0.15, 0.2) is 11.0 Å². The van der Waals surface area contributed by atoms with Crippen LogP contribution in [0.25, 0.3) is 17.1 Å². The fourth-order valence-electron chi connectivity index (χ4n) is 3.31. The maximum atomic E-state index is 12.7. The summed E-state index contributed by atoms with van der Waals surface area (Å²) in [5, 5.41) is 13.6. The molecule has 0 unspecified atom stereocenters. The number of nitrogens with zero attached hydrogens (tertiary/aromatic N) is 3. The Balaban J connectivity index is 1.63. The maximum Gasteiger partial charge on any atom is 0.234 e. The summed E-state index contributed by atoms with van der Waals surface area (Å²) in [7, 11) is 0. The van der Waals surface area contributed by atoms with Gasteiger partial charge in [0.05, 0.1) is 11.4 Å². The van der Waals surface area contributed by atoms with Crippen LogP contribution in [-0.4, -0.2) is 26.4 Å². The first-order valence-electron chi connectivity index (χ1n) is 10.3. The zero-order chi connectivity index (χ0) is 23.5. The van der Waals surface area contributed by atoms with Crippen molar-refractivity contribution in [2.24, 2.45) is 0 Å². The van der Waals surface area contributed by atoms with Gasteiger partial charge in [-0.25, -0.2) is 0 Å². The Morgan fingerprint density at radius 1 is 0.970 bits per heavy atom. The highest BCUT2D eigenvalue weighted by molar-refractivity contribution is 7.99. The number of hydrogen-bond donors (Lipinski definition) is 1. The van der Waals surface area contributed by atoms with Crippen LogP contribution in [0, 0.1) is 20.8 Å². The zero-order valence-electron chi connectivity index (χ0n) is 18.4. The van der Waals surface area contributed by atoms with Crippen LogP contribution in [0.15, 0.2) is 65.8 Å². The molecule has 4 rings (SSSR count). The summed E-state index contributed by atoms with van der Waals surface area (Å²) in [5.41, 5.74) is 5.71. The van der Waals surface area contributed by atoms with Crippen LogP contribution in [0.4, 0.5) is 5.69 Å². The number of halogens is 2. The highest BCUT2D eigenvalue weighted by atomic mass is 35.5. The van der Waals surface area contributed by atoms with E-state index in [2.05, 4.69) is 41.5 Å². The van der Waals surface area contributed by atoms with Gasteiger partial charge in [0.1, 0.15) is 0 Å². The summed E-state index contributed by atoms with van der Waals surface area (Å²) in [6, 6.07) is 19.1. The summed E-state index contributed by atoms with van der Waals surface area (Å²) in [6.45, 7) is 6.02.